The Balaban J connectivity index is 1.70. The third kappa shape index (κ3) is 5.37. The fourth-order valence-electron chi connectivity index (χ4n) is 2.84. The van der Waals surface area contributed by atoms with E-state index in [0.717, 1.165) is 12.8 Å². The Hall–Kier alpha value is -2.29. The molecule has 1 aromatic carbocycles. The Kier molecular flexibility index (Phi) is 6.77. The molecule has 28 heavy (non-hydrogen) atoms. The van der Waals surface area contributed by atoms with Crippen LogP contribution >= 0.6 is 23.2 Å². The van der Waals surface area contributed by atoms with Crippen LogP contribution in [0.2, 0.25) is 10.0 Å². The number of aromatic nitrogens is 1. The molecule has 10 heteroatoms. The number of nitrogens with zero attached hydrogens (tertiary/aromatic N) is 2. The number of carbonyl (C=O) groups is 2. The van der Waals surface area contributed by atoms with Crippen molar-refractivity contribution in [1.29, 1.82) is 0 Å². The maximum Gasteiger partial charge on any atom is 0.322 e. The second kappa shape index (κ2) is 9.27. The maximum atomic E-state index is 12.8. The van der Waals surface area contributed by atoms with Gasteiger partial charge in [0, 0.05) is 19.2 Å². The fourth-order valence-corrected chi connectivity index (χ4v) is 3.33. The Morgan fingerprint density at radius 2 is 2.04 bits per heavy atom. The number of ether oxygens (including phenoxy) is 1. The maximum absolute atomic E-state index is 12.8. The van der Waals surface area contributed by atoms with E-state index in [1.54, 1.807) is 31.2 Å². The van der Waals surface area contributed by atoms with Crippen LogP contribution in [-0.2, 0) is 9.53 Å². The second-order valence-electron chi connectivity index (χ2n) is 6.41. The SMILES string of the molecule is Cc1cc(NC(=O)CN(CC2CCCO2)C(=O)Nc2c(Cl)cccc2Cl)no1. The number of halogens is 2. The molecule has 1 fully saturated rings. The van der Waals surface area contributed by atoms with Crippen molar-refractivity contribution in [3.63, 3.8) is 0 Å². The Bertz CT molecular complexity index is 832. The molecule has 1 aromatic heterocycles. The van der Waals surface area contributed by atoms with Gasteiger partial charge in [-0.2, -0.15) is 0 Å². The van der Waals surface area contributed by atoms with Gasteiger partial charge in [0.15, 0.2) is 5.82 Å². The molecule has 0 saturated carbocycles. The normalized spacial score (nSPS) is 16.0. The fraction of sp³-hybridized carbons (Fsp3) is 0.389. The molecule has 3 rings (SSSR count). The minimum atomic E-state index is -0.503. The zero-order valence-electron chi connectivity index (χ0n) is 15.2. The molecule has 2 aromatic rings. The van der Waals surface area contributed by atoms with Crippen molar-refractivity contribution in [3.8, 4) is 0 Å². The Labute approximate surface area is 172 Å². The van der Waals surface area contributed by atoms with Crippen molar-refractivity contribution < 1.29 is 18.8 Å². The van der Waals surface area contributed by atoms with Crippen molar-refractivity contribution in [2.24, 2.45) is 0 Å². The van der Waals surface area contributed by atoms with Gasteiger partial charge in [0.2, 0.25) is 5.91 Å². The van der Waals surface area contributed by atoms with Crippen LogP contribution in [0.25, 0.3) is 0 Å². The van der Waals surface area contributed by atoms with E-state index in [1.165, 1.54) is 4.90 Å². The lowest BCUT2D eigenvalue weighted by molar-refractivity contribution is -0.117. The van der Waals surface area contributed by atoms with Gasteiger partial charge in [0.25, 0.3) is 0 Å². The molecule has 1 saturated heterocycles. The number of hydrogen-bond donors (Lipinski definition) is 2. The zero-order valence-corrected chi connectivity index (χ0v) is 16.7. The molecule has 1 aliphatic rings. The van der Waals surface area contributed by atoms with Gasteiger partial charge in [-0.1, -0.05) is 34.4 Å². The first-order chi connectivity index (χ1) is 13.4. The van der Waals surface area contributed by atoms with Crippen molar-refractivity contribution >= 4 is 46.6 Å². The van der Waals surface area contributed by atoms with Crippen LogP contribution in [-0.4, -0.2) is 47.8 Å². The number of amides is 3. The molecule has 150 valence electrons. The molecule has 8 nitrogen and oxygen atoms in total. The molecule has 0 aliphatic carbocycles. The van der Waals surface area contributed by atoms with Gasteiger partial charge in [0.05, 0.1) is 21.8 Å². The number of benzene rings is 1. The van der Waals surface area contributed by atoms with Crippen LogP contribution < -0.4 is 10.6 Å². The van der Waals surface area contributed by atoms with E-state index in [0.29, 0.717) is 28.1 Å². The van der Waals surface area contributed by atoms with Gasteiger partial charge in [-0.3, -0.25) is 4.79 Å². The van der Waals surface area contributed by atoms with Crippen LogP contribution in [0.3, 0.4) is 0 Å². The summed E-state index contributed by atoms with van der Waals surface area (Å²) in [5.74, 6) is 0.443. The van der Waals surface area contributed by atoms with Gasteiger partial charge in [-0.25, -0.2) is 4.79 Å². The van der Waals surface area contributed by atoms with E-state index in [2.05, 4.69) is 15.8 Å². The number of rotatable bonds is 6. The van der Waals surface area contributed by atoms with Crippen molar-refractivity contribution in [2.75, 3.05) is 30.3 Å². The lowest BCUT2D eigenvalue weighted by Crippen LogP contribution is -2.44. The summed E-state index contributed by atoms with van der Waals surface area (Å²) in [7, 11) is 0. The highest BCUT2D eigenvalue weighted by Gasteiger charge is 2.25. The summed E-state index contributed by atoms with van der Waals surface area (Å²) >= 11 is 12.2. The van der Waals surface area contributed by atoms with E-state index in [-0.39, 0.29) is 25.0 Å². The predicted molar refractivity (Wildman–Crippen MR) is 106 cm³/mol. The minimum absolute atomic E-state index is 0.130. The van der Waals surface area contributed by atoms with Gasteiger partial charge in [-0.15, -0.1) is 0 Å². The molecule has 0 radical (unpaired) electrons. The second-order valence-corrected chi connectivity index (χ2v) is 7.23. The van der Waals surface area contributed by atoms with Gasteiger partial charge < -0.3 is 24.8 Å². The monoisotopic (exact) mass is 426 g/mol. The molecular weight excluding hydrogens is 407 g/mol. The topological polar surface area (TPSA) is 96.7 Å². The van der Waals surface area contributed by atoms with E-state index in [9.17, 15) is 9.59 Å². The number of hydrogen-bond acceptors (Lipinski definition) is 5. The zero-order chi connectivity index (χ0) is 20.1. The van der Waals surface area contributed by atoms with E-state index >= 15 is 0 Å². The summed E-state index contributed by atoms with van der Waals surface area (Å²) in [6, 6.07) is 6.00. The number of para-hydroxylation sites is 1. The van der Waals surface area contributed by atoms with E-state index < -0.39 is 11.9 Å². The summed E-state index contributed by atoms with van der Waals surface area (Å²) in [5.41, 5.74) is 0.292. The van der Waals surface area contributed by atoms with Gasteiger partial charge in [-0.05, 0) is 31.9 Å². The molecule has 1 aliphatic heterocycles. The summed E-state index contributed by atoms with van der Waals surface area (Å²) in [4.78, 5) is 26.6. The van der Waals surface area contributed by atoms with Gasteiger partial charge in [0.1, 0.15) is 12.3 Å². The van der Waals surface area contributed by atoms with Crippen LogP contribution in [0.5, 0.6) is 0 Å². The van der Waals surface area contributed by atoms with Gasteiger partial charge >= 0.3 is 6.03 Å². The van der Waals surface area contributed by atoms with Crippen LogP contribution in [0, 0.1) is 6.92 Å². The minimum Gasteiger partial charge on any atom is -0.376 e. The third-order valence-corrected chi connectivity index (χ3v) is 4.79. The molecule has 1 unspecified atom stereocenters. The largest absolute Gasteiger partial charge is 0.376 e. The number of aryl methyl sites for hydroxylation is 1. The molecule has 1 atom stereocenters. The number of carbonyl (C=O) groups excluding carboxylic acids is 2. The van der Waals surface area contributed by atoms with E-state index in [1.807, 2.05) is 0 Å². The molecule has 2 N–H and O–H groups in total. The third-order valence-electron chi connectivity index (χ3n) is 4.16. The molecule has 3 amide bonds. The predicted octanol–water partition coefficient (Wildman–Crippen LogP) is 3.94. The molecular formula is C18H20Cl2N4O4. The lowest BCUT2D eigenvalue weighted by atomic mass is 10.2. The first-order valence-electron chi connectivity index (χ1n) is 8.77. The quantitative estimate of drug-likeness (QED) is 0.728. The van der Waals surface area contributed by atoms with Crippen LogP contribution in [0.4, 0.5) is 16.3 Å². The molecule has 2 heterocycles. The Morgan fingerprint density at radius 3 is 2.64 bits per heavy atom. The average Bonchev–Trinajstić information content (AvgIpc) is 3.29. The highest BCUT2D eigenvalue weighted by Crippen LogP contribution is 2.30. The average molecular weight is 427 g/mol. The lowest BCUT2D eigenvalue weighted by Gasteiger charge is -2.25. The number of urea groups is 1. The number of anilines is 2. The first kappa shape index (κ1) is 20.4. The van der Waals surface area contributed by atoms with E-state index in [4.69, 9.17) is 32.5 Å². The summed E-state index contributed by atoms with van der Waals surface area (Å²) < 4.78 is 10.5. The van der Waals surface area contributed by atoms with Crippen molar-refractivity contribution in [3.05, 3.63) is 40.1 Å². The highest BCUT2D eigenvalue weighted by atomic mass is 35.5. The summed E-state index contributed by atoms with van der Waals surface area (Å²) in [6.07, 6.45) is 1.61. The molecule has 0 bridgehead atoms. The highest BCUT2D eigenvalue weighted by molar-refractivity contribution is 6.39. The number of nitrogens with one attached hydrogen (secondary N) is 2. The Morgan fingerprint density at radius 1 is 1.29 bits per heavy atom. The smallest absolute Gasteiger partial charge is 0.322 e. The summed E-state index contributed by atoms with van der Waals surface area (Å²) in [6.45, 7) is 2.42. The summed E-state index contributed by atoms with van der Waals surface area (Å²) in [5, 5.41) is 9.61. The first-order valence-corrected chi connectivity index (χ1v) is 9.52. The van der Waals surface area contributed by atoms with Crippen molar-refractivity contribution in [1.82, 2.24) is 10.1 Å². The van der Waals surface area contributed by atoms with Crippen LogP contribution in [0.15, 0.2) is 28.8 Å². The molecule has 0 spiro atoms. The van der Waals surface area contributed by atoms with Crippen LogP contribution in [0.1, 0.15) is 18.6 Å². The standard InChI is InChI=1S/C18H20Cl2N4O4/c1-11-8-15(23-28-11)21-16(25)10-24(9-12-4-3-7-27-12)18(26)22-17-13(19)5-2-6-14(17)20/h2,5-6,8,12H,3-4,7,9-10H2,1H3,(H,22,26)(H,21,23,25). The van der Waals surface area contributed by atoms with Crippen molar-refractivity contribution in [2.45, 2.75) is 25.9 Å².